The molecule has 2 aliphatic rings. The number of rotatable bonds is 4. The highest BCUT2D eigenvalue weighted by atomic mass is 79.9. The largest absolute Gasteiger partial charge is 0.444 e. The number of hydrogen-bond donors (Lipinski definition) is 1. The molecule has 0 aromatic heterocycles. The molecule has 1 saturated carbocycles. The summed E-state index contributed by atoms with van der Waals surface area (Å²) in [6, 6.07) is 3.34. The number of amides is 2. The van der Waals surface area contributed by atoms with Gasteiger partial charge >= 0.3 is 12.3 Å². The van der Waals surface area contributed by atoms with Crippen LogP contribution in [0.15, 0.2) is 27.6 Å². The van der Waals surface area contributed by atoms with E-state index in [0.29, 0.717) is 18.9 Å². The predicted molar refractivity (Wildman–Crippen MR) is 117 cm³/mol. The first-order valence-electron chi connectivity index (χ1n) is 10.3. The van der Waals surface area contributed by atoms with Crippen molar-refractivity contribution in [1.82, 2.24) is 10.2 Å². The monoisotopic (exact) mass is 565 g/mol. The molecule has 34 heavy (non-hydrogen) atoms. The molecule has 1 aliphatic heterocycles. The fourth-order valence-electron chi connectivity index (χ4n) is 3.65. The number of sulfone groups is 1. The quantitative estimate of drug-likeness (QED) is 0.593. The molecule has 0 spiro atoms. The average Bonchev–Trinajstić information content (AvgIpc) is 3.30. The molecule has 1 aliphatic carbocycles. The Morgan fingerprint density at radius 1 is 1.26 bits per heavy atom. The summed E-state index contributed by atoms with van der Waals surface area (Å²) < 4.78 is 72.8. The maximum Gasteiger partial charge on any atom is 0.417 e. The zero-order chi connectivity index (χ0) is 25.7. The minimum absolute atomic E-state index is 0.0454. The van der Waals surface area contributed by atoms with Crippen LogP contribution in [-0.4, -0.2) is 54.3 Å². The predicted octanol–water partition coefficient (Wildman–Crippen LogP) is 3.79. The van der Waals surface area contributed by atoms with E-state index >= 15 is 0 Å². The van der Waals surface area contributed by atoms with Gasteiger partial charge in [-0.15, -0.1) is 0 Å². The first kappa shape index (κ1) is 26.3. The van der Waals surface area contributed by atoms with Crippen molar-refractivity contribution in [1.29, 1.82) is 5.26 Å². The number of nitrogens with one attached hydrogen (secondary N) is 1. The molecule has 0 radical (unpaired) electrons. The fraction of sp³-hybridized carbons (Fsp3) is 0.571. The smallest absolute Gasteiger partial charge is 0.417 e. The molecular formula is C21H23BrF3N3O5S. The third-order valence-corrected chi connectivity index (χ3v) is 8.19. The second-order valence-corrected chi connectivity index (χ2v) is 12.5. The molecule has 2 unspecified atom stereocenters. The number of carbonyl (C=O) groups is 2. The van der Waals surface area contributed by atoms with E-state index < -0.39 is 73.9 Å². The molecular weight excluding hydrogens is 543 g/mol. The van der Waals surface area contributed by atoms with Gasteiger partial charge in [-0.3, -0.25) is 9.69 Å². The van der Waals surface area contributed by atoms with E-state index in [1.807, 2.05) is 6.07 Å². The fourth-order valence-corrected chi connectivity index (χ4v) is 5.91. The molecule has 1 saturated heterocycles. The molecule has 1 aromatic rings. The molecule has 2 atom stereocenters. The van der Waals surface area contributed by atoms with Crippen molar-refractivity contribution in [2.75, 3.05) is 6.54 Å². The van der Waals surface area contributed by atoms with Gasteiger partial charge in [0.25, 0.3) is 0 Å². The Labute approximate surface area is 203 Å². The van der Waals surface area contributed by atoms with Gasteiger partial charge in [0.1, 0.15) is 17.2 Å². The Morgan fingerprint density at radius 2 is 1.88 bits per heavy atom. The lowest BCUT2D eigenvalue weighted by atomic mass is 10.2. The Kier molecular flexibility index (Phi) is 6.73. The minimum Gasteiger partial charge on any atom is -0.444 e. The lowest BCUT2D eigenvalue weighted by Crippen LogP contribution is -2.50. The van der Waals surface area contributed by atoms with Gasteiger partial charge in [0.2, 0.25) is 5.91 Å². The molecule has 2 amide bonds. The highest BCUT2D eigenvalue weighted by molar-refractivity contribution is 9.10. The lowest BCUT2D eigenvalue weighted by Gasteiger charge is -2.28. The summed E-state index contributed by atoms with van der Waals surface area (Å²) in [4.78, 5) is 25.7. The number of ether oxygens (including phenoxy) is 1. The van der Waals surface area contributed by atoms with Crippen molar-refractivity contribution in [3.05, 3.63) is 28.2 Å². The average molecular weight is 566 g/mol. The Bertz CT molecular complexity index is 1150. The summed E-state index contributed by atoms with van der Waals surface area (Å²) in [5.74, 6) is -0.755. The topological polar surface area (TPSA) is 117 Å². The third kappa shape index (κ3) is 5.49. The van der Waals surface area contributed by atoms with Crippen molar-refractivity contribution in [2.24, 2.45) is 0 Å². The SMILES string of the molecule is CC(C)(C)OC(=O)N1CC(S(=O)(=O)c2ccc(Br)cc2C(F)(F)F)CC1C(=O)NC1(C#N)CC1. The van der Waals surface area contributed by atoms with Gasteiger partial charge in [0.05, 0.1) is 21.8 Å². The first-order chi connectivity index (χ1) is 15.5. The van der Waals surface area contributed by atoms with E-state index in [1.54, 1.807) is 20.8 Å². The van der Waals surface area contributed by atoms with Crippen LogP contribution in [0.5, 0.6) is 0 Å². The Balaban J connectivity index is 1.97. The summed E-state index contributed by atoms with van der Waals surface area (Å²) in [7, 11) is -4.61. The highest BCUT2D eigenvalue weighted by Gasteiger charge is 2.52. The molecule has 1 heterocycles. The highest BCUT2D eigenvalue weighted by Crippen LogP contribution is 2.40. The number of likely N-dealkylation sites (tertiary alicyclic amines) is 1. The van der Waals surface area contributed by atoms with Crippen LogP contribution >= 0.6 is 15.9 Å². The Hall–Kier alpha value is -2.33. The van der Waals surface area contributed by atoms with Crippen molar-refractivity contribution < 1.29 is 35.9 Å². The van der Waals surface area contributed by atoms with Gasteiger partial charge in [-0.25, -0.2) is 13.2 Å². The Morgan fingerprint density at radius 3 is 2.38 bits per heavy atom. The zero-order valence-corrected chi connectivity index (χ0v) is 21.0. The number of nitrogens with zero attached hydrogens (tertiary/aromatic N) is 2. The molecule has 1 N–H and O–H groups in total. The van der Waals surface area contributed by atoms with Crippen LogP contribution < -0.4 is 5.32 Å². The van der Waals surface area contributed by atoms with E-state index in [4.69, 9.17) is 4.74 Å². The molecule has 1 aromatic carbocycles. The summed E-state index contributed by atoms with van der Waals surface area (Å²) in [6.07, 6.45) is -5.55. The van der Waals surface area contributed by atoms with Crippen LogP contribution in [0.2, 0.25) is 0 Å². The molecule has 13 heteroatoms. The van der Waals surface area contributed by atoms with Crippen molar-refractivity contribution in [3.8, 4) is 6.07 Å². The van der Waals surface area contributed by atoms with E-state index in [1.165, 1.54) is 6.07 Å². The standard InChI is InChI=1S/C21H23BrF3N3O5S/c1-19(2,3)33-18(30)28-10-13(9-15(28)17(29)27-20(11-26)6-7-20)34(31,32)16-5-4-12(22)8-14(16)21(23,24)25/h4-5,8,13,15H,6-7,9-10H2,1-3H3,(H,27,29). The van der Waals surface area contributed by atoms with Crippen LogP contribution in [0.1, 0.15) is 45.6 Å². The van der Waals surface area contributed by atoms with Crippen molar-refractivity contribution >= 4 is 37.8 Å². The first-order valence-corrected chi connectivity index (χ1v) is 12.7. The summed E-state index contributed by atoms with van der Waals surface area (Å²) >= 11 is 2.92. The van der Waals surface area contributed by atoms with Gasteiger partial charge < -0.3 is 10.1 Å². The maximum absolute atomic E-state index is 13.6. The van der Waals surface area contributed by atoms with Crippen molar-refractivity contribution in [2.45, 2.75) is 73.5 Å². The number of hydrogen-bond acceptors (Lipinski definition) is 6. The lowest BCUT2D eigenvalue weighted by molar-refractivity contribution is -0.140. The van der Waals surface area contributed by atoms with Crippen molar-refractivity contribution in [3.63, 3.8) is 0 Å². The second kappa shape index (κ2) is 8.71. The normalized spacial score (nSPS) is 22.1. The minimum atomic E-state index is -4.95. The third-order valence-electron chi connectivity index (χ3n) is 5.51. The van der Waals surface area contributed by atoms with E-state index in [-0.39, 0.29) is 4.47 Å². The van der Waals surface area contributed by atoms with Crippen LogP contribution in [0.25, 0.3) is 0 Å². The van der Waals surface area contributed by atoms with Gasteiger partial charge in [-0.1, -0.05) is 15.9 Å². The van der Waals surface area contributed by atoms with E-state index in [2.05, 4.69) is 21.2 Å². The van der Waals surface area contributed by atoms with Crippen LogP contribution in [0.3, 0.4) is 0 Å². The number of nitriles is 1. The number of carbonyl (C=O) groups excluding carboxylic acids is 2. The van der Waals surface area contributed by atoms with Gasteiger partial charge in [-0.05, 0) is 58.2 Å². The number of alkyl halides is 3. The molecule has 3 rings (SSSR count). The number of benzene rings is 1. The summed E-state index contributed by atoms with van der Waals surface area (Å²) in [6.45, 7) is 4.20. The van der Waals surface area contributed by atoms with Crippen LogP contribution in [0, 0.1) is 11.3 Å². The summed E-state index contributed by atoms with van der Waals surface area (Å²) in [5, 5.41) is 10.3. The van der Waals surface area contributed by atoms with Gasteiger partial charge in [-0.2, -0.15) is 18.4 Å². The molecule has 2 fully saturated rings. The molecule has 0 bridgehead atoms. The van der Waals surface area contributed by atoms with E-state index in [0.717, 1.165) is 11.0 Å². The molecule has 186 valence electrons. The second-order valence-electron chi connectivity index (χ2n) is 9.37. The van der Waals surface area contributed by atoms with Crippen LogP contribution in [-0.2, 0) is 25.5 Å². The van der Waals surface area contributed by atoms with Crippen LogP contribution in [0.4, 0.5) is 18.0 Å². The summed E-state index contributed by atoms with van der Waals surface area (Å²) in [5.41, 5.74) is -3.39. The van der Waals surface area contributed by atoms with Gasteiger partial charge in [0, 0.05) is 11.0 Å². The van der Waals surface area contributed by atoms with Gasteiger partial charge in [0.15, 0.2) is 9.84 Å². The maximum atomic E-state index is 13.6. The number of halogens is 4. The molecule has 8 nitrogen and oxygen atoms in total. The van der Waals surface area contributed by atoms with E-state index in [9.17, 15) is 36.4 Å². The zero-order valence-electron chi connectivity index (χ0n) is 18.6.